The Labute approximate surface area is 171 Å². The number of nitrogens with zero attached hydrogens (tertiary/aromatic N) is 3. The molecule has 0 bridgehead atoms. The van der Waals surface area contributed by atoms with Gasteiger partial charge in [-0.15, -0.1) is 0 Å². The Morgan fingerprint density at radius 1 is 1.10 bits per heavy atom. The first-order chi connectivity index (χ1) is 14.2. The van der Waals surface area contributed by atoms with Gasteiger partial charge in [-0.3, -0.25) is 14.8 Å². The number of hydrogen-bond donors (Lipinski definition) is 0. The highest BCUT2D eigenvalue weighted by Crippen LogP contribution is 2.35. The Morgan fingerprint density at radius 3 is 2.79 bits per heavy atom. The Balaban J connectivity index is 1.51. The standard InChI is InChI=1S/C24H27N3O2/c1-16-19-4-2-3-5-21(19)26-14-20(16)18-12-23-22(25-13-18)6-7-24(28)27(23)15-17-8-10-29-11-9-17/h2,4,12-14,17H,3,5-11,15H2,1H3. The number of allylic oxidation sites excluding steroid dienone is 1. The van der Waals surface area contributed by atoms with Gasteiger partial charge in [0.2, 0.25) is 5.91 Å². The van der Waals surface area contributed by atoms with E-state index in [0.717, 1.165) is 74.4 Å². The molecule has 29 heavy (non-hydrogen) atoms. The third-order valence-corrected chi connectivity index (χ3v) is 6.51. The van der Waals surface area contributed by atoms with Crippen LogP contribution in [0.1, 0.15) is 48.2 Å². The maximum absolute atomic E-state index is 12.8. The summed E-state index contributed by atoms with van der Waals surface area (Å²) in [7, 11) is 0. The maximum atomic E-state index is 12.8. The summed E-state index contributed by atoms with van der Waals surface area (Å²) in [5.41, 5.74) is 7.82. The molecule has 1 saturated heterocycles. The van der Waals surface area contributed by atoms with E-state index in [2.05, 4.69) is 25.1 Å². The molecule has 1 aliphatic carbocycles. The number of amides is 1. The van der Waals surface area contributed by atoms with Crippen molar-refractivity contribution >= 4 is 17.7 Å². The number of anilines is 1. The fourth-order valence-corrected chi connectivity index (χ4v) is 4.74. The van der Waals surface area contributed by atoms with E-state index < -0.39 is 0 Å². The lowest BCUT2D eigenvalue weighted by Crippen LogP contribution is -2.40. The van der Waals surface area contributed by atoms with Crippen LogP contribution in [0, 0.1) is 12.8 Å². The van der Waals surface area contributed by atoms with Crippen molar-refractivity contribution in [3.8, 4) is 11.1 Å². The van der Waals surface area contributed by atoms with Crippen molar-refractivity contribution < 1.29 is 9.53 Å². The van der Waals surface area contributed by atoms with Gasteiger partial charge in [-0.05, 0) is 55.7 Å². The highest BCUT2D eigenvalue weighted by atomic mass is 16.5. The summed E-state index contributed by atoms with van der Waals surface area (Å²) in [4.78, 5) is 24.2. The molecule has 5 heteroatoms. The first-order valence-corrected chi connectivity index (χ1v) is 10.7. The number of rotatable bonds is 3. The lowest BCUT2D eigenvalue weighted by atomic mass is 9.92. The minimum absolute atomic E-state index is 0.214. The molecule has 0 saturated carbocycles. The summed E-state index contributed by atoms with van der Waals surface area (Å²) < 4.78 is 5.49. The molecule has 0 radical (unpaired) electrons. The Bertz CT molecular complexity index is 976. The van der Waals surface area contributed by atoms with E-state index in [4.69, 9.17) is 14.7 Å². The van der Waals surface area contributed by atoms with Gasteiger partial charge in [0, 0.05) is 61.8 Å². The number of ether oxygens (including phenoxy) is 1. The van der Waals surface area contributed by atoms with Gasteiger partial charge < -0.3 is 9.64 Å². The Kier molecular flexibility index (Phi) is 4.92. The lowest BCUT2D eigenvalue weighted by molar-refractivity contribution is -0.119. The van der Waals surface area contributed by atoms with Crippen molar-refractivity contribution in [1.82, 2.24) is 9.97 Å². The Hall–Kier alpha value is -2.53. The molecule has 3 aliphatic rings. The highest BCUT2D eigenvalue weighted by molar-refractivity contribution is 5.96. The lowest BCUT2D eigenvalue weighted by Gasteiger charge is -2.33. The summed E-state index contributed by atoms with van der Waals surface area (Å²) in [5, 5.41) is 0. The van der Waals surface area contributed by atoms with Crippen LogP contribution in [0.4, 0.5) is 5.69 Å². The molecule has 4 heterocycles. The summed E-state index contributed by atoms with van der Waals surface area (Å²) in [6.07, 6.45) is 13.7. The van der Waals surface area contributed by atoms with Crippen molar-refractivity contribution in [1.29, 1.82) is 0 Å². The molecule has 5 nitrogen and oxygen atoms in total. The van der Waals surface area contributed by atoms with Gasteiger partial charge in [-0.25, -0.2) is 0 Å². The number of pyridine rings is 2. The van der Waals surface area contributed by atoms with E-state index in [1.165, 1.54) is 16.8 Å². The predicted molar refractivity (Wildman–Crippen MR) is 114 cm³/mol. The molecule has 0 N–H and O–H groups in total. The van der Waals surface area contributed by atoms with Crippen LogP contribution in [-0.2, 0) is 22.4 Å². The highest BCUT2D eigenvalue weighted by Gasteiger charge is 2.29. The van der Waals surface area contributed by atoms with Crippen molar-refractivity contribution in [3.05, 3.63) is 47.1 Å². The van der Waals surface area contributed by atoms with Crippen molar-refractivity contribution in [2.75, 3.05) is 24.7 Å². The second-order valence-electron chi connectivity index (χ2n) is 8.35. The van der Waals surface area contributed by atoms with Gasteiger partial charge in [-0.1, -0.05) is 12.2 Å². The average molecular weight is 389 g/mol. The second kappa shape index (κ2) is 7.71. The molecule has 2 aromatic rings. The van der Waals surface area contributed by atoms with E-state index in [-0.39, 0.29) is 5.91 Å². The summed E-state index contributed by atoms with van der Waals surface area (Å²) >= 11 is 0. The van der Waals surface area contributed by atoms with Crippen LogP contribution < -0.4 is 4.90 Å². The number of carbonyl (C=O) groups excluding carboxylic acids is 1. The van der Waals surface area contributed by atoms with Crippen LogP contribution in [0.5, 0.6) is 0 Å². The van der Waals surface area contributed by atoms with Crippen molar-refractivity contribution in [3.63, 3.8) is 0 Å². The molecule has 0 aromatic carbocycles. The fraction of sp³-hybridized carbons (Fsp3) is 0.458. The molecule has 0 atom stereocenters. The van der Waals surface area contributed by atoms with Crippen LogP contribution >= 0.6 is 0 Å². The summed E-state index contributed by atoms with van der Waals surface area (Å²) in [5.74, 6) is 0.714. The zero-order valence-electron chi connectivity index (χ0n) is 17.0. The second-order valence-corrected chi connectivity index (χ2v) is 8.35. The molecule has 1 fully saturated rings. The van der Waals surface area contributed by atoms with E-state index in [1.54, 1.807) is 0 Å². The van der Waals surface area contributed by atoms with Crippen LogP contribution in [0.25, 0.3) is 17.2 Å². The number of hydrogen-bond acceptors (Lipinski definition) is 4. The van der Waals surface area contributed by atoms with Crippen molar-refractivity contribution in [2.24, 2.45) is 5.92 Å². The van der Waals surface area contributed by atoms with Gasteiger partial charge in [0.25, 0.3) is 0 Å². The van der Waals surface area contributed by atoms with Gasteiger partial charge in [0.1, 0.15) is 0 Å². The van der Waals surface area contributed by atoms with E-state index >= 15 is 0 Å². The van der Waals surface area contributed by atoms with E-state index in [9.17, 15) is 4.79 Å². The first kappa shape index (κ1) is 18.5. The zero-order valence-corrected chi connectivity index (χ0v) is 17.0. The largest absolute Gasteiger partial charge is 0.381 e. The first-order valence-electron chi connectivity index (χ1n) is 10.7. The number of carbonyl (C=O) groups is 1. The zero-order chi connectivity index (χ0) is 19.8. The number of aryl methyl sites for hydroxylation is 2. The fourth-order valence-electron chi connectivity index (χ4n) is 4.74. The number of fused-ring (bicyclic) bond motifs is 2. The molecule has 0 unspecified atom stereocenters. The molecule has 5 rings (SSSR count). The SMILES string of the molecule is Cc1c(-c2cnc3c(c2)N(CC2CCOCC2)C(=O)CC3)cnc2c1C=CCC2. The van der Waals surface area contributed by atoms with Crippen LogP contribution in [0.15, 0.2) is 24.5 Å². The van der Waals surface area contributed by atoms with Gasteiger partial charge in [0.15, 0.2) is 0 Å². The van der Waals surface area contributed by atoms with Gasteiger partial charge in [-0.2, -0.15) is 0 Å². The normalized spacial score (nSPS) is 19.2. The van der Waals surface area contributed by atoms with Crippen LogP contribution in [0.2, 0.25) is 0 Å². The maximum Gasteiger partial charge on any atom is 0.227 e. The minimum atomic E-state index is 0.214. The quantitative estimate of drug-likeness (QED) is 0.792. The molecule has 2 aromatic heterocycles. The molecular weight excluding hydrogens is 362 g/mol. The summed E-state index contributed by atoms with van der Waals surface area (Å²) in [6, 6.07) is 2.15. The number of aromatic nitrogens is 2. The molecule has 0 spiro atoms. The molecular formula is C24H27N3O2. The smallest absolute Gasteiger partial charge is 0.227 e. The van der Waals surface area contributed by atoms with Crippen molar-refractivity contribution in [2.45, 2.75) is 45.4 Å². The van der Waals surface area contributed by atoms with Gasteiger partial charge in [0.05, 0.1) is 11.4 Å². The monoisotopic (exact) mass is 389 g/mol. The third-order valence-electron chi connectivity index (χ3n) is 6.51. The third kappa shape index (κ3) is 3.48. The topological polar surface area (TPSA) is 55.3 Å². The van der Waals surface area contributed by atoms with E-state index in [1.807, 2.05) is 17.3 Å². The van der Waals surface area contributed by atoms with E-state index in [0.29, 0.717) is 12.3 Å². The van der Waals surface area contributed by atoms with Crippen LogP contribution in [-0.4, -0.2) is 35.6 Å². The summed E-state index contributed by atoms with van der Waals surface area (Å²) in [6.45, 7) is 4.52. The minimum Gasteiger partial charge on any atom is -0.381 e. The molecule has 2 aliphatic heterocycles. The predicted octanol–water partition coefficient (Wildman–Crippen LogP) is 4.12. The van der Waals surface area contributed by atoms with Gasteiger partial charge >= 0.3 is 0 Å². The molecule has 150 valence electrons. The van der Waals surface area contributed by atoms with Crippen LogP contribution in [0.3, 0.4) is 0 Å². The Morgan fingerprint density at radius 2 is 1.93 bits per heavy atom. The average Bonchev–Trinajstić information content (AvgIpc) is 2.77. The molecule has 1 amide bonds.